The summed E-state index contributed by atoms with van der Waals surface area (Å²) < 4.78 is 0. The van der Waals surface area contributed by atoms with Gasteiger partial charge in [-0.1, -0.05) is 11.6 Å². The number of pyridine rings is 1. The second-order valence-corrected chi connectivity index (χ2v) is 7.65. The Hall–Kier alpha value is -1.33. The Balaban J connectivity index is 1.31. The molecule has 1 atom stereocenters. The molecular weight excluding hydrogens is 324 g/mol. The van der Waals surface area contributed by atoms with Gasteiger partial charge in [0.25, 0.3) is 0 Å². The molecule has 0 aromatic carbocycles. The molecule has 3 fully saturated rings. The molecule has 2 aliphatic heterocycles. The highest BCUT2D eigenvalue weighted by Gasteiger charge is 2.36. The molecule has 3 heterocycles. The third-order valence-electron chi connectivity index (χ3n) is 5.49. The minimum Gasteiger partial charge on any atom is -0.353 e. The quantitative estimate of drug-likeness (QED) is 0.840. The number of amides is 1. The third kappa shape index (κ3) is 3.52. The lowest BCUT2D eigenvalue weighted by atomic mass is 9.96. The number of carbonyl (C=O) groups is 1. The number of piperidine rings is 1. The molecule has 130 valence electrons. The first-order valence-electron chi connectivity index (χ1n) is 9.10. The number of nitrogens with zero attached hydrogens (tertiary/aromatic N) is 4. The highest BCUT2D eigenvalue weighted by atomic mass is 35.5. The molecule has 1 aromatic heterocycles. The van der Waals surface area contributed by atoms with Crippen molar-refractivity contribution in [2.45, 2.75) is 31.7 Å². The van der Waals surface area contributed by atoms with Gasteiger partial charge in [0.15, 0.2) is 0 Å². The lowest BCUT2D eigenvalue weighted by Gasteiger charge is -2.39. The molecule has 0 N–H and O–H groups in total. The first kappa shape index (κ1) is 16.2. The first-order chi connectivity index (χ1) is 11.7. The van der Waals surface area contributed by atoms with Crippen molar-refractivity contribution in [1.82, 2.24) is 14.8 Å². The fourth-order valence-corrected chi connectivity index (χ4v) is 4.06. The van der Waals surface area contributed by atoms with Crippen molar-refractivity contribution in [2.24, 2.45) is 5.92 Å². The fourth-order valence-electron chi connectivity index (χ4n) is 3.95. The highest BCUT2D eigenvalue weighted by Crippen LogP contribution is 2.31. The van der Waals surface area contributed by atoms with E-state index in [1.165, 1.54) is 25.8 Å². The second kappa shape index (κ2) is 6.89. The monoisotopic (exact) mass is 348 g/mol. The van der Waals surface area contributed by atoms with Crippen molar-refractivity contribution in [3.8, 4) is 0 Å². The van der Waals surface area contributed by atoms with E-state index in [4.69, 9.17) is 11.6 Å². The van der Waals surface area contributed by atoms with Gasteiger partial charge in [-0.15, -0.1) is 0 Å². The molecule has 4 rings (SSSR count). The van der Waals surface area contributed by atoms with Crippen LogP contribution >= 0.6 is 11.6 Å². The van der Waals surface area contributed by atoms with Gasteiger partial charge in [-0.25, -0.2) is 4.98 Å². The van der Waals surface area contributed by atoms with Crippen molar-refractivity contribution in [3.63, 3.8) is 0 Å². The number of anilines is 1. The second-order valence-electron chi connectivity index (χ2n) is 7.21. The average molecular weight is 349 g/mol. The summed E-state index contributed by atoms with van der Waals surface area (Å²) in [6.45, 7) is 5.44. The summed E-state index contributed by atoms with van der Waals surface area (Å²) in [6.07, 6.45) is 6.56. The summed E-state index contributed by atoms with van der Waals surface area (Å²) in [5, 5.41) is 0.657. The lowest BCUT2D eigenvalue weighted by Crippen LogP contribution is -2.53. The predicted octanol–water partition coefficient (Wildman–Crippen LogP) is 2.26. The third-order valence-corrected chi connectivity index (χ3v) is 5.72. The van der Waals surface area contributed by atoms with Gasteiger partial charge in [0, 0.05) is 45.0 Å². The van der Waals surface area contributed by atoms with E-state index >= 15 is 0 Å². The van der Waals surface area contributed by atoms with Crippen LogP contribution in [0.15, 0.2) is 18.3 Å². The van der Waals surface area contributed by atoms with Gasteiger partial charge >= 0.3 is 0 Å². The van der Waals surface area contributed by atoms with E-state index in [-0.39, 0.29) is 5.92 Å². The molecule has 6 heteroatoms. The number of rotatable bonds is 3. The number of carbonyl (C=O) groups excluding carboxylic acids is 1. The summed E-state index contributed by atoms with van der Waals surface area (Å²) in [5.41, 5.74) is 0. The molecule has 1 unspecified atom stereocenters. The average Bonchev–Trinajstić information content (AvgIpc) is 3.47. The number of halogens is 1. The number of piperazine rings is 1. The van der Waals surface area contributed by atoms with Gasteiger partial charge in [-0.2, -0.15) is 0 Å². The van der Waals surface area contributed by atoms with Crippen LogP contribution in [0.4, 0.5) is 5.82 Å². The van der Waals surface area contributed by atoms with Crippen LogP contribution in [-0.2, 0) is 4.79 Å². The van der Waals surface area contributed by atoms with Gasteiger partial charge in [-0.05, 0) is 44.4 Å². The van der Waals surface area contributed by atoms with Crippen LogP contribution in [0.1, 0.15) is 25.7 Å². The molecule has 0 radical (unpaired) electrons. The minimum atomic E-state index is 0.208. The largest absolute Gasteiger partial charge is 0.353 e. The molecule has 24 heavy (non-hydrogen) atoms. The smallest absolute Gasteiger partial charge is 0.227 e. The molecule has 0 spiro atoms. The molecule has 1 amide bonds. The molecule has 3 aliphatic rings. The molecule has 0 bridgehead atoms. The van der Waals surface area contributed by atoms with Crippen molar-refractivity contribution < 1.29 is 4.79 Å². The topological polar surface area (TPSA) is 39.7 Å². The standard InChI is InChI=1S/C18H25ClN4O/c19-15-3-6-17(20-12-15)21-8-10-22(11-9-21)18(24)14-2-1-7-23(13-14)16-4-5-16/h3,6,12,14,16H,1-2,4-5,7-11,13H2. The SMILES string of the molecule is O=C(C1CCCN(C2CC2)C1)N1CCN(c2ccc(Cl)cn2)CC1. The maximum Gasteiger partial charge on any atom is 0.227 e. The van der Waals surface area contributed by atoms with Crippen LogP contribution in [0.3, 0.4) is 0 Å². The maximum absolute atomic E-state index is 12.9. The number of aromatic nitrogens is 1. The van der Waals surface area contributed by atoms with Crippen molar-refractivity contribution in [3.05, 3.63) is 23.4 Å². The number of hydrogen-bond acceptors (Lipinski definition) is 4. The van der Waals surface area contributed by atoms with Crippen molar-refractivity contribution in [2.75, 3.05) is 44.2 Å². The summed E-state index contributed by atoms with van der Waals surface area (Å²) in [5.74, 6) is 1.52. The Labute approximate surface area is 148 Å². The molecule has 1 saturated carbocycles. The first-order valence-corrected chi connectivity index (χ1v) is 9.48. The van der Waals surface area contributed by atoms with E-state index in [1.807, 2.05) is 12.1 Å². The van der Waals surface area contributed by atoms with Crippen LogP contribution in [0.2, 0.25) is 5.02 Å². The van der Waals surface area contributed by atoms with Gasteiger partial charge in [-0.3, -0.25) is 9.69 Å². The van der Waals surface area contributed by atoms with Gasteiger partial charge in [0.05, 0.1) is 10.9 Å². The van der Waals surface area contributed by atoms with Gasteiger partial charge in [0.2, 0.25) is 5.91 Å². The predicted molar refractivity (Wildman–Crippen MR) is 95.4 cm³/mol. The van der Waals surface area contributed by atoms with Crippen LogP contribution in [0.5, 0.6) is 0 Å². The zero-order chi connectivity index (χ0) is 16.5. The van der Waals surface area contributed by atoms with Crippen molar-refractivity contribution >= 4 is 23.3 Å². The Bertz CT molecular complexity index is 581. The van der Waals surface area contributed by atoms with E-state index in [1.54, 1.807) is 6.20 Å². The van der Waals surface area contributed by atoms with E-state index in [2.05, 4.69) is 19.7 Å². The fraction of sp³-hybridized carbons (Fsp3) is 0.667. The maximum atomic E-state index is 12.9. The molecule has 1 aliphatic carbocycles. The van der Waals surface area contributed by atoms with Crippen LogP contribution in [0, 0.1) is 5.92 Å². The number of likely N-dealkylation sites (tertiary alicyclic amines) is 1. The Kier molecular flexibility index (Phi) is 4.63. The molecule has 1 aromatic rings. The van der Waals surface area contributed by atoms with E-state index in [0.29, 0.717) is 10.9 Å². The minimum absolute atomic E-state index is 0.208. The van der Waals surface area contributed by atoms with Crippen LogP contribution in [0.25, 0.3) is 0 Å². The Morgan fingerprint density at radius 2 is 1.88 bits per heavy atom. The van der Waals surface area contributed by atoms with E-state index in [0.717, 1.165) is 51.0 Å². The zero-order valence-corrected chi connectivity index (χ0v) is 14.8. The Morgan fingerprint density at radius 3 is 2.54 bits per heavy atom. The van der Waals surface area contributed by atoms with E-state index in [9.17, 15) is 4.79 Å². The normalized spacial score (nSPS) is 25.8. The van der Waals surface area contributed by atoms with Crippen LogP contribution < -0.4 is 4.90 Å². The molecular formula is C18H25ClN4O. The lowest BCUT2D eigenvalue weighted by molar-refractivity contribution is -0.137. The molecule has 5 nitrogen and oxygen atoms in total. The zero-order valence-electron chi connectivity index (χ0n) is 14.0. The van der Waals surface area contributed by atoms with Gasteiger partial charge in [0.1, 0.15) is 5.82 Å². The summed E-state index contributed by atoms with van der Waals surface area (Å²) >= 11 is 5.90. The van der Waals surface area contributed by atoms with E-state index < -0.39 is 0 Å². The summed E-state index contributed by atoms with van der Waals surface area (Å²) in [6, 6.07) is 4.60. The highest BCUT2D eigenvalue weighted by molar-refractivity contribution is 6.30. The number of hydrogen-bond donors (Lipinski definition) is 0. The summed E-state index contributed by atoms with van der Waals surface area (Å²) in [4.78, 5) is 24.1. The Morgan fingerprint density at radius 1 is 1.08 bits per heavy atom. The summed E-state index contributed by atoms with van der Waals surface area (Å²) in [7, 11) is 0. The molecule has 2 saturated heterocycles. The van der Waals surface area contributed by atoms with Gasteiger partial charge < -0.3 is 9.80 Å². The van der Waals surface area contributed by atoms with Crippen LogP contribution in [-0.4, -0.2) is 66.0 Å². The van der Waals surface area contributed by atoms with Crippen molar-refractivity contribution in [1.29, 1.82) is 0 Å².